The van der Waals surface area contributed by atoms with Crippen molar-refractivity contribution >= 4 is 17.2 Å². The van der Waals surface area contributed by atoms with Gasteiger partial charge in [0.05, 0.1) is 6.67 Å². The van der Waals surface area contributed by atoms with Crippen molar-refractivity contribution in [3.63, 3.8) is 0 Å². The lowest BCUT2D eigenvalue weighted by Gasteiger charge is -2.44. The maximum absolute atomic E-state index is 12.7. The molecule has 0 unspecified atom stereocenters. The van der Waals surface area contributed by atoms with Crippen molar-refractivity contribution in [1.82, 2.24) is 0 Å². The van der Waals surface area contributed by atoms with Crippen LogP contribution in [0, 0.1) is 6.92 Å². The highest BCUT2D eigenvalue weighted by molar-refractivity contribution is 6.09. The maximum Gasteiger partial charge on any atom is 0.193 e. The standard InChI is InChI=1S/C29H24N2O3.C3H8.C2H6/c1-19-2-4-20(5-3-19)29(33)21-6-9-25(10-7-21)34-26-11-13-28-23(15-26)17-31-18-30(28)16-22-14-24(32)8-12-27(22)31;1-3-2;1-2/h2-15,32H,16-18H2,1H3;3H2,1-2H3;1-2H3. The van der Waals surface area contributed by atoms with Crippen molar-refractivity contribution in [2.75, 3.05) is 16.5 Å². The van der Waals surface area contributed by atoms with Gasteiger partial charge in [-0.25, -0.2) is 0 Å². The molecule has 4 aromatic carbocycles. The Bertz CT molecular complexity index is 1410. The second-order valence-corrected chi connectivity index (χ2v) is 9.67. The van der Waals surface area contributed by atoms with Crippen LogP contribution in [0.15, 0.2) is 84.9 Å². The number of benzene rings is 4. The van der Waals surface area contributed by atoms with Crippen LogP contribution in [-0.2, 0) is 13.1 Å². The molecule has 0 saturated heterocycles. The lowest BCUT2D eigenvalue weighted by molar-refractivity contribution is 0.103. The third-order valence-electron chi connectivity index (χ3n) is 6.53. The molecule has 0 saturated carbocycles. The number of hydrogen-bond acceptors (Lipinski definition) is 5. The normalized spacial score (nSPS) is 12.6. The molecule has 0 radical (unpaired) electrons. The number of carbonyl (C=O) groups is 1. The van der Waals surface area contributed by atoms with Gasteiger partial charge in [0.2, 0.25) is 0 Å². The molecule has 0 atom stereocenters. The van der Waals surface area contributed by atoms with Crippen molar-refractivity contribution in [2.45, 2.75) is 54.1 Å². The summed E-state index contributed by atoms with van der Waals surface area (Å²) in [5.41, 5.74) is 7.15. The smallest absolute Gasteiger partial charge is 0.193 e. The van der Waals surface area contributed by atoms with Crippen LogP contribution in [0.4, 0.5) is 11.4 Å². The van der Waals surface area contributed by atoms with Gasteiger partial charge in [0.15, 0.2) is 5.78 Å². The topological polar surface area (TPSA) is 53.0 Å². The monoisotopic (exact) mass is 522 g/mol. The van der Waals surface area contributed by atoms with Crippen molar-refractivity contribution in [2.24, 2.45) is 0 Å². The molecule has 2 aliphatic rings. The Morgan fingerprint density at radius 1 is 0.744 bits per heavy atom. The molecule has 0 spiro atoms. The summed E-state index contributed by atoms with van der Waals surface area (Å²) >= 11 is 0. The number of carbonyl (C=O) groups excluding carboxylic acids is 1. The molecule has 0 fully saturated rings. The highest BCUT2D eigenvalue weighted by Gasteiger charge is 2.29. The van der Waals surface area contributed by atoms with E-state index >= 15 is 0 Å². The second kappa shape index (κ2) is 12.5. The van der Waals surface area contributed by atoms with E-state index in [0.29, 0.717) is 22.6 Å². The van der Waals surface area contributed by atoms with Gasteiger partial charge < -0.3 is 19.6 Å². The van der Waals surface area contributed by atoms with Crippen molar-refractivity contribution in [3.05, 3.63) is 113 Å². The molecule has 39 heavy (non-hydrogen) atoms. The van der Waals surface area contributed by atoms with E-state index in [4.69, 9.17) is 4.74 Å². The van der Waals surface area contributed by atoms with Gasteiger partial charge in [0.25, 0.3) is 0 Å². The number of nitrogens with zero attached hydrogens (tertiary/aromatic N) is 2. The number of aryl methyl sites for hydroxylation is 1. The Kier molecular flexibility index (Phi) is 8.92. The Morgan fingerprint density at radius 3 is 1.82 bits per heavy atom. The first-order valence-corrected chi connectivity index (χ1v) is 13.8. The molecule has 2 heterocycles. The number of anilines is 2. The van der Waals surface area contributed by atoms with Crippen LogP contribution in [0.2, 0.25) is 0 Å². The van der Waals surface area contributed by atoms with Crippen LogP contribution in [0.5, 0.6) is 17.2 Å². The van der Waals surface area contributed by atoms with Crippen molar-refractivity contribution in [1.29, 1.82) is 0 Å². The molecule has 0 aliphatic carbocycles. The molecule has 2 bridgehead atoms. The summed E-state index contributed by atoms with van der Waals surface area (Å²) in [6.07, 6.45) is 1.25. The molecule has 0 aromatic heterocycles. The summed E-state index contributed by atoms with van der Waals surface area (Å²) in [4.78, 5) is 17.4. The van der Waals surface area contributed by atoms with E-state index in [1.165, 1.54) is 23.4 Å². The van der Waals surface area contributed by atoms with Crippen LogP contribution in [0.1, 0.15) is 66.7 Å². The minimum atomic E-state index is 0.00331. The van der Waals surface area contributed by atoms with E-state index in [1.54, 1.807) is 6.07 Å². The largest absolute Gasteiger partial charge is 0.508 e. The predicted octanol–water partition coefficient (Wildman–Crippen LogP) is 8.46. The molecular formula is C34H38N2O3. The third-order valence-corrected chi connectivity index (χ3v) is 6.53. The molecular weight excluding hydrogens is 484 g/mol. The zero-order valence-electron chi connectivity index (χ0n) is 23.6. The number of rotatable bonds is 4. The second-order valence-electron chi connectivity index (χ2n) is 9.67. The van der Waals surface area contributed by atoms with E-state index in [-0.39, 0.29) is 5.78 Å². The molecule has 4 aromatic rings. The first-order valence-electron chi connectivity index (χ1n) is 13.8. The summed E-state index contributed by atoms with van der Waals surface area (Å²) in [6.45, 7) is 12.6. The third kappa shape index (κ3) is 6.26. The van der Waals surface area contributed by atoms with E-state index in [9.17, 15) is 9.90 Å². The van der Waals surface area contributed by atoms with Gasteiger partial charge in [-0.3, -0.25) is 4.79 Å². The zero-order valence-corrected chi connectivity index (χ0v) is 23.6. The van der Waals surface area contributed by atoms with E-state index in [1.807, 2.05) is 87.5 Å². The molecule has 202 valence electrons. The number of aromatic hydroxyl groups is 1. The quantitative estimate of drug-likeness (QED) is 0.273. The van der Waals surface area contributed by atoms with E-state index in [0.717, 1.165) is 36.6 Å². The highest BCUT2D eigenvalue weighted by atomic mass is 16.5. The highest BCUT2D eigenvalue weighted by Crippen LogP contribution is 2.40. The molecule has 1 N–H and O–H groups in total. The van der Waals surface area contributed by atoms with Crippen LogP contribution in [0.3, 0.4) is 0 Å². The van der Waals surface area contributed by atoms with Crippen LogP contribution >= 0.6 is 0 Å². The van der Waals surface area contributed by atoms with Crippen LogP contribution in [0.25, 0.3) is 0 Å². The van der Waals surface area contributed by atoms with E-state index < -0.39 is 0 Å². The Labute approximate surface area is 232 Å². The molecule has 6 rings (SSSR count). The van der Waals surface area contributed by atoms with E-state index in [2.05, 4.69) is 35.8 Å². The van der Waals surface area contributed by atoms with Gasteiger partial charge in [-0.1, -0.05) is 63.9 Å². The summed E-state index contributed by atoms with van der Waals surface area (Å²) in [5, 5.41) is 9.87. The fourth-order valence-corrected chi connectivity index (χ4v) is 4.79. The SMILES string of the molecule is CC.CCC.Cc1ccc(C(=O)c2ccc(Oc3ccc4c(c3)CN3CN4Cc4cc(O)ccc43)cc2)cc1. The predicted molar refractivity (Wildman–Crippen MR) is 160 cm³/mol. The molecule has 5 nitrogen and oxygen atoms in total. The summed E-state index contributed by atoms with van der Waals surface area (Å²) in [5.74, 6) is 1.77. The summed E-state index contributed by atoms with van der Waals surface area (Å²) in [6, 6.07) is 26.7. The number of ether oxygens (including phenoxy) is 1. The Balaban J connectivity index is 0.000000662. The average Bonchev–Trinajstić information content (AvgIpc) is 2.95. The number of ketones is 1. The zero-order chi connectivity index (χ0) is 27.9. The number of fused-ring (bicyclic) bond motifs is 6. The summed E-state index contributed by atoms with van der Waals surface area (Å²) < 4.78 is 6.13. The van der Waals surface area contributed by atoms with Gasteiger partial charge >= 0.3 is 0 Å². The van der Waals surface area contributed by atoms with Gasteiger partial charge in [-0.05, 0) is 78.7 Å². The Morgan fingerprint density at radius 2 is 1.23 bits per heavy atom. The minimum Gasteiger partial charge on any atom is -0.508 e. The average molecular weight is 523 g/mol. The van der Waals surface area contributed by atoms with Crippen molar-refractivity contribution in [3.8, 4) is 17.2 Å². The lowest BCUT2D eigenvalue weighted by Crippen LogP contribution is -2.46. The first-order chi connectivity index (χ1) is 18.9. The van der Waals surface area contributed by atoms with Gasteiger partial charge in [-0.15, -0.1) is 0 Å². The van der Waals surface area contributed by atoms with Crippen molar-refractivity contribution < 1.29 is 14.6 Å². The van der Waals surface area contributed by atoms with Gasteiger partial charge in [-0.2, -0.15) is 0 Å². The number of hydrogen-bond donors (Lipinski definition) is 1. The molecule has 5 heteroatoms. The summed E-state index contributed by atoms with van der Waals surface area (Å²) in [7, 11) is 0. The minimum absolute atomic E-state index is 0.00331. The van der Waals surface area contributed by atoms with Gasteiger partial charge in [0.1, 0.15) is 17.2 Å². The fraction of sp³-hybridized carbons (Fsp3) is 0.265. The lowest BCUT2D eigenvalue weighted by atomic mass is 10.0. The molecule has 0 amide bonds. The van der Waals surface area contributed by atoms with Crippen LogP contribution in [-0.4, -0.2) is 17.6 Å². The molecule has 2 aliphatic heterocycles. The van der Waals surface area contributed by atoms with Gasteiger partial charge in [0, 0.05) is 35.6 Å². The Hall–Kier alpha value is -4.25. The number of phenolic OH excluding ortho intramolecular Hbond substituents is 1. The first kappa shape index (κ1) is 27.8. The maximum atomic E-state index is 12.7. The number of phenols is 1. The van der Waals surface area contributed by atoms with Crippen LogP contribution < -0.4 is 14.5 Å². The fourth-order valence-electron chi connectivity index (χ4n) is 4.79.